The van der Waals surface area contributed by atoms with E-state index in [1.165, 1.54) is 0 Å². The van der Waals surface area contributed by atoms with Gasteiger partial charge in [-0.2, -0.15) is 0 Å². The highest BCUT2D eigenvalue weighted by atomic mass is 32.1. The molecular formula is C8H12N2OS. The first kappa shape index (κ1) is 8.16. The molecule has 0 saturated carbocycles. The van der Waals surface area contributed by atoms with Gasteiger partial charge < -0.3 is 10.5 Å². The molecule has 1 aliphatic heterocycles. The Morgan fingerprint density at radius 2 is 2.58 bits per heavy atom. The van der Waals surface area contributed by atoms with Crippen molar-refractivity contribution in [2.45, 2.75) is 25.0 Å². The van der Waals surface area contributed by atoms with Crippen LogP contribution in [0.2, 0.25) is 0 Å². The summed E-state index contributed by atoms with van der Waals surface area (Å²) in [7, 11) is 0. The number of hydrogen-bond donors (Lipinski definition) is 1. The third kappa shape index (κ3) is 1.50. The number of ether oxygens (including phenoxy) is 1. The monoisotopic (exact) mass is 184 g/mol. The molecule has 1 aliphatic rings. The Morgan fingerprint density at radius 3 is 3.25 bits per heavy atom. The predicted octanol–water partition coefficient (Wildman–Crippen LogP) is 1.32. The van der Waals surface area contributed by atoms with Crippen LogP contribution < -0.4 is 5.73 Å². The lowest BCUT2D eigenvalue weighted by Gasteiger charge is -2.27. The summed E-state index contributed by atoms with van der Waals surface area (Å²) >= 11 is 1.59. The zero-order valence-corrected chi connectivity index (χ0v) is 7.59. The van der Waals surface area contributed by atoms with Crippen LogP contribution in [0.5, 0.6) is 0 Å². The van der Waals surface area contributed by atoms with Crippen LogP contribution in [0.15, 0.2) is 10.9 Å². The van der Waals surface area contributed by atoms with E-state index in [1.54, 1.807) is 11.3 Å². The van der Waals surface area contributed by atoms with Crippen molar-refractivity contribution in [3.05, 3.63) is 16.6 Å². The van der Waals surface area contributed by atoms with E-state index in [0.717, 1.165) is 25.1 Å². The van der Waals surface area contributed by atoms with Crippen LogP contribution in [0.1, 0.15) is 24.6 Å². The Balaban J connectivity index is 2.11. The van der Waals surface area contributed by atoms with Gasteiger partial charge in [-0.15, -0.1) is 11.3 Å². The lowest BCUT2D eigenvalue weighted by atomic mass is 10.0. The molecular weight excluding hydrogens is 172 g/mol. The van der Waals surface area contributed by atoms with Gasteiger partial charge >= 0.3 is 0 Å². The molecule has 4 heteroatoms. The standard InChI is InChI=1S/C8H12N2OS/c9-6-2-1-3-11-8(6)7-4-12-5-10-7/h4-6,8H,1-3,9H2. The molecule has 0 bridgehead atoms. The van der Waals surface area contributed by atoms with Crippen LogP contribution in [-0.4, -0.2) is 17.6 Å². The second-order valence-electron chi connectivity index (χ2n) is 3.01. The molecule has 12 heavy (non-hydrogen) atoms. The van der Waals surface area contributed by atoms with Gasteiger partial charge in [-0.1, -0.05) is 0 Å². The maximum atomic E-state index is 5.91. The van der Waals surface area contributed by atoms with Crippen LogP contribution in [0.4, 0.5) is 0 Å². The molecule has 0 spiro atoms. The minimum absolute atomic E-state index is 0.0324. The number of nitrogens with two attached hydrogens (primary N) is 1. The molecule has 2 heterocycles. The van der Waals surface area contributed by atoms with Crippen molar-refractivity contribution >= 4 is 11.3 Å². The average molecular weight is 184 g/mol. The van der Waals surface area contributed by atoms with E-state index in [2.05, 4.69) is 4.98 Å². The van der Waals surface area contributed by atoms with E-state index in [-0.39, 0.29) is 12.1 Å². The van der Waals surface area contributed by atoms with Gasteiger partial charge in [0.25, 0.3) is 0 Å². The fraction of sp³-hybridized carbons (Fsp3) is 0.625. The highest BCUT2D eigenvalue weighted by molar-refractivity contribution is 7.07. The molecule has 1 aromatic heterocycles. The van der Waals surface area contributed by atoms with Crippen molar-refractivity contribution in [2.75, 3.05) is 6.61 Å². The lowest BCUT2D eigenvalue weighted by molar-refractivity contribution is -0.00207. The first-order chi connectivity index (χ1) is 5.88. The molecule has 66 valence electrons. The minimum atomic E-state index is 0.0324. The van der Waals surface area contributed by atoms with E-state index in [1.807, 2.05) is 10.9 Å². The number of hydrogen-bond acceptors (Lipinski definition) is 4. The Kier molecular flexibility index (Phi) is 2.39. The normalized spacial score (nSPS) is 30.4. The Morgan fingerprint density at radius 1 is 1.67 bits per heavy atom. The Bertz CT molecular complexity index is 237. The van der Waals surface area contributed by atoms with E-state index in [9.17, 15) is 0 Å². The predicted molar refractivity (Wildman–Crippen MR) is 48.0 cm³/mol. The molecule has 1 saturated heterocycles. The maximum Gasteiger partial charge on any atom is 0.115 e. The number of aromatic nitrogens is 1. The molecule has 0 radical (unpaired) electrons. The topological polar surface area (TPSA) is 48.1 Å². The first-order valence-corrected chi connectivity index (χ1v) is 5.07. The third-order valence-electron chi connectivity index (χ3n) is 2.11. The number of thiazole rings is 1. The van der Waals surface area contributed by atoms with Gasteiger partial charge in [0, 0.05) is 18.0 Å². The van der Waals surface area contributed by atoms with Crippen LogP contribution in [0.25, 0.3) is 0 Å². The van der Waals surface area contributed by atoms with Gasteiger partial charge in [-0.3, -0.25) is 0 Å². The van der Waals surface area contributed by atoms with Crippen LogP contribution in [0.3, 0.4) is 0 Å². The molecule has 0 aliphatic carbocycles. The first-order valence-electron chi connectivity index (χ1n) is 4.13. The molecule has 1 aromatic rings. The highest BCUT2D eigenvalue weighted by Gasteiger charge is 2.25. The fourth-order valence-corrected chi connectivity index (χ4v) is 2.05. The summed E-state index contributed by atoms with van der Waals surface area (Å²) in [6, 6.07) is 0.126. The Hall–Kier alpha value is -0.450. The molecule has 2 atom stereocenters. The maximum absolute atomic E-state index is 5.91. The summed E-state index contributed by atoms with van der Waals surface area (Å²) in [6.45, 7) is 0.815. The molecule has 2 rings (SSSR count). The van der Waals surface area contributed by atoms with Crippen molar-refractivity contribution in [1.82, 2.24) is 4.98 Å². The van der Waals surface area contributed by atoms with Gasteiger partial charge in [-0.05, 0) is 12.8 Å². The Labute approximate surface area is 75.6 Å². The second-order valence-corrected chi connectivity index (χ2v) is 3.73. The summed E-state index contributed by atoms with van der Waals surface area (Å²) in [5.41, 5.74) is 8.72. The van der Waals surface area contributed by atoms with Crippen molar-refractivity contribution in [3.63, 3.8) is 0 Å². The zero-order chi connectivity index (χ0) is 8.39. The van der Waals surface area contributed by atoms with Crippen molar-refractivity contribution in [2.24, 2.45) is 5.73 Å². The van der Waals surface area contributed by atoms with Crippen molar-refractivity contribution in [1.29, 1.82) is 0 Å². The highest BCUT2D eigenvalue weighted by Crippen LogP contribution is 2.26. The minimum Gasteiger partial charge on any atom is -0.370 e. The summed E-state index contributed by atoms with van der Waals surface area (Å²) in [5, 5.41) is 2.01. The summed E-state index contributed by atoms with van der Waals surface area (Å²) in [4.78, 5) is 4.20. The second kappa shape index (κ2) is 3.51. The van der Waals surface area contributed by atoms with Gasteiger partial charge in [0.05, 0.1) is 11.2 Å². The third-order valence-corrected chi connectivity index (χ3v) is 2.72. The van der Waals surface area contributed by atoms with E-state index >= 15 is 0 Å². The van der Waals surface area contributed by atoms with Crippen molar-refractivity contribution in [3.8, 4) is 0 Å². The van der Waals surface area contributed by atoms with E-state index in [4.69, 9.17) is 10.5 Å². The van der Waals surface area contributed by atoms with Crippen LogP contribution in [0, 0.1) is 0 Å². The fourth-order valence-electron chi connectivity index (χ4n) is 1.47. The molecule has 3 nitrogen and oxygen atoms in total. The van der Waals surface area contributed by atoms with Gasteiger partial charge in [-0.25, -0.2) is 4.98 Å². The molecule has 1 fully saturated rings. The summed E-state index contributed by atoms with van der Waals surface area (Å²) in [5.74, 6) is 0. The number of nitrogens with zero attached hydrogens (tertiary/aromatic N) is 1. The number of rotatable bonds is 1. The van der Waals surface area contributed by atoms with Gasteiger partial charge in [0.2, 0.25) is 0 Å². The SMILES string of the molecule is NC1CCCOC1c1cscn1. The quantitative estimate of drug-likeness (QED) is 0.716. The van der Waals surface area contributed by atoms with Gasteiger partial charge in [0.1, 0.15) is 6.10 Å². The molecule has 0 amide bonds. The van der Waals surface area contributed by atoms with Gasteiger partial charge in [0.15, 0.2) is 0 Å². The van der Waals surface area contributed by atoms with Crippen molar-refractivity contribution < 1.29 is 4.74 Å². The zero-order valence-electron chi connectivity index (χ0n) is 6.77. The van der Waals surface area contributed by atoms with E-state index < -0.39 is 0 Å². The van der Waals surface area contributed by atoms with E-state index in [0.29, 0.717) is 0 Å². The molecule has 2 N–H and O–H groups in total. The molecule has 0 aromatic carbocycles. The average Bonchev–Trinajstić information content (AvgIpc) is 2.57. The smallest absolute Gasteiger partial charge is 0.115 e. The summed E-state index contributed by atoms with van der Waals surface area (Å²) in [6.07, 6.45) is 2.15. The van der Waals surface area contributed by atoms with Crippen LogP contribution >= 0.6 is 11.3 Å². The largest absolute Gasteiger partial charge is 0.370 e. The summed E-state index contributed by atoms with van der Waals surface area (Å²) < 4.78 is 5.55. The molecule has 2 unspecified atom stereocenters. The lowest BCUT2D eigenvalue weighted by Crippen LogP contribution is -2.34. The van der Waals surface area contributed by atoms with Crippen LogP contribution in [-0.2, 0) is 4.74 Å².